The molecule has 0 fully saturated rings. The number of nitrogens with zero attached hydrogens (tertiary/aromatic N) is 2. The maximum Gasteiger partial charge on any atom is 0.312 e. The fourth-order valence-electron chi connectivity index (χ4n) is 5.38. The number of fused-ring (bicyclic) bond motifs is 1. The van der Waals surface area contributed by atoms with Gasteiger partial charge in [-0.15, -0.1) is 0 Å². The molecule has 0 spiro atoms. The number of carboxylic acid groups (broad SMARTS) is 1. The maximum absolute atomic E-state index is 12.4. The van der Waals surface area contributed by atoms with Crippen molar-refractivity contribution in [2.75, 3.05) is 13.1 Å². The van der Waals surface area contributed by atoms with Gasteiger partial charge in [0.25, 0.3) is 0 Å². The second-order valence-corrected chi connectivity index (χ2v) is 11.0. The molecule has 0 radical (unpaired) electrons. The van der Waals surface area contributed by atoms with E-state index >= 15 is 0 Å². The zero-order valence-corrected chi connectivity index (χ0v) is 24.3. The van der Waals surface area contributed by atoms with Gasteiger partial charge in [-0.05, 0) is 41.0 Å². The molecule has 0 aliphatic carbocycles. The minimum atomic E-state index is -0.873. The summed E-state index contributed by atoms with van der Waals surface area (Å²) in [5.41, 5.74) is 6.26. The van der Waals surface area contributed by atoms with Crippen LogP contribution < -0.4 is 14.8 Å². The molecule has 43 heavy (non-hydrogen) atoms. The largest absolute Gasteiger partial charge is 0.485 e. The van der Waals surface area contributed by atoms with E-state index in [-0.39, 0.29) is 0 Å². The second kappa shape index (κ2) is 13.2. The number of hydrogen-bond donors (Lipinski definition) is 2. The van der Waals surface area contributed by atoms with Gasteiger partial charge >= 0.3 is 5.97 Å². The van der Waals surface area contributed by atoms with Crippen molar-refractivity contribution in [1.82, 2.24) is 15.1 Å². The molecule has 8 heteroatoms. The Morgan fingerprint density at radius 3 is 2.16 bits per heavy atom. The highest BCUT2D eigenvalue weighted by atomic mass is 35.5. The van der Waals surface area contributed by atoms with Crippen molar-refractivity contribution in [2.24, 2.45) is 0 Å². The predicted octanol–water partition coefficient (Wildman–Crippen LogP) is 6.72. The number of aromatic nitrogens is 2. The number of carboxylic acids is 1. The lowest BCUT2D eigenvalue weighted by molar-refractivity contribution is -0.138. The number of nitrogens with one attached hydrogen (secondary N) is 1. The van der Waals surface area contributed by atoms with Gasteiger partial charge in [0, 0.05) is 41.4 Å². The summed E-state index contributed by atoms with van der Waals surface area (Å²) in [7, 11) is 0. The van der Waals surface area contributed by atoms with E-state index in [1.54, 1.807) is 12.1 Å². The molecule has 4 aromatic carbocycles. The van der Waals surface area contributed by atoms with Gasteiger partial charge in [0.05, 0.1) is 18.2 Å². The molecule has 2 N–H and O–H groups in total. The lowest BCUT2D eigenvalue weighted by Crippen LogP contribution is -2.25. The molecular weight excluding hydrogens is 562 g/mol. The fourth-order valence-corrected chi connectivity index (χ4v) is 5.51. The Morgan fingerprint density at radius 2 is 1.51 bits per heavy atom. The number of ether oxygens (including phenoxy) is 2. The third kappa shape index (κ3) is 6.74. The van der Waals surface area contributed by atoms with Crippen LogP contribution in [-0.4, -0.2) is 33.9 Å². The van der Waals surface area contributed by atoms with Gasteiger partial charge in [-0.2, -0.15) is 5.10 Å². The molecule has 6 rings (SSSR count). The zero-order chi connectivity index (χ0) is 29.6. The molecule has 0 bridgehead atoms. The molecule has 1 atom stereocenters. The Hall–Kier alpha value is -4.59. The summed E-state index contributed by atoms with van der Waals surface area (Å²) < 4.78 is 14.4. The van der Waals surface area contributed by atoms with E-state index in [2.05, 4.69) is 5.32 Å². The fraction of sp³-hybridized carbons (Fsp3) is 0.200. The third-order valence-corrected chi connectivity index (χ3v) is 7.82. The molecular formula is C35H32ClN3O4. The van der Waals surface area contributed by atoms with Gasteiger partial charge in [-0.1, -0.05) is 90.5 Å². The molecule has 1 aromatic heterocycles. The first-order valence-corrected chi connectivity index (χ1v) is 14.7. The first-order chi connectivity index (χ1) is 21.0. The summed E-state index contributed by atoms with van der Waals surface area (Å²) in [5.74, 6) is -0.296. The number of halogens is 1. The van der Waals surface area contributed by atoms with Crippen LogP contribution in [0, 0.1) is 0 Å². The minimum Gasteiger partial charge on any atom is -0.485 e. The van der Waals surface area contributed by atoms with Crippen LogP contribution in [0.5, 0.6) is 11.5 Å². The Kier molecular flexibility index (Phi) is 8.72. The number of benzene rings is 4. The van der Waals surface area contributed by atoms with Crippen molar-refractivity contribution in [1.29, 1.82) is 0 Å². The highest BCUT2D eigenvalue weighted by molar-refractivity contribution is 6.30. The summed E-state index contributed by atoms with van der Waals surface area (Å²) in [6.45, 7) is 2.28. The normalized spacial score (nSPS) is 14.5. The van der Waals surface area contributed by atoms with Crippen LogP contribution in [0.2, 0.25) is 5.02 Å². The number of aliphatic carboxylic acids is 1. The van der Waals surface area contributed by atoms with Gasteiger partial charge < -0.3 is 19.9 Å². The van der Waals surface area contributed by atoms with Crippen LogP contribution >= 0.6 is 11.6 Å². The molecule has 7 nitrogen and oxygen atoms in total. The summed E-state index contributed by atoms with van der Waals surface area (Å²) in [6.07, 6.45) is 0.662. The third-order valence-electron chi connectivity index (χ3n) is 7.56. The first kappa shape index (κ1) is 28.5. The van der Waals surface area contributed by atoms with Crippen LogP contribution in [0.25, 0.3) is 11.3 Å². The number of carbonyl (C=O) groups is 1. The topological polar surface area (TPSA) is 85.6 Å². The highest BCUT2D eigenvalue weighted by Gasteiger charge is 2.32. The van der Waals surface area contributed by atoms with E-state index in [1.807, 2.05) is 95.7 Å². The quantitative estimate of drug-likeness (QED) is 0.187. The molecule has 5 aromatic rings. The van der Waals surface area contributed by atoms with Crippen LogP contribution in [0.3, 0.4) is 0 Å². The van der Waals surface area contributed by atoms with E-state index in [1.165, 1.54) is 0 Å². The smallest absolute Gasteiger partial charge is 0.312 e. The van der Waals surface area contributed by atoms with Crippen molar-refractivity contribution in [2.45, 2.75) is 32.1 Å². The van der Waals surface area contributed by atoms with Crippen molar-refractivity contribution in [3.05, 3.63) is 136 Å². The van der Waals surface area contributed by atoms with Crippen molar-refractivity contribution < 1.29 is 19.4 Å². The summed E-state index contributed by atoms with van der Waals surface area (Å²) in [4.78, 5) is 12.4. The van der Waals surface area contributed by atoms with E-state index in [0.717, 1.165) is 33.5 Å². The van der Waals surface area contributed by atoms with E-state index in [9.17, 15) is 9.90 Å². The summed E-state index contributed by atoms with van der Waals surface area (Å²) in [6, 6.07) is 33.3. The zero-order valence-electron chi connectivity index (χ0n) is 23.6. The van der Waals surface area contributed by atoms with E-state index in [4.69, 9.17) is 26.2 Å². The Morgan fingerprint density at radius 1 is 0.860 bits per heavy atom. The van der Waals surface area contributed by atoms with Crippen LogP contribution in [-0.2, 0) is 31.0 Å². The van der Waals surface area contributed by atoms with Gasteiger partial charge in [0.2, 0.25) is 0 Å². The molecule has 2 heterocycles. The maximum atomic E-state index is 12.4. The highest BCUT2D eigenvalue weighted by Crippen LogP contribution is 2.35. The number of rotatable bonds is 10. The minimum absolute atomic E-state index is 0.347. The summed E-state index contributed by atoms with van der Waals surface area (Å²) >= 11 is 6.16. The van der Waals surface area contributed by atoms with Crippen molar-refractivity contribution in [3.63, 3.8) is 0 Å². The average Bonchev–Trinajstić information content (AvgIpc) is 3.22. The second-order valence-electron chi connectivity index (χ2n) is 10.5. The monoisotopic (exact) mass is 593 g/mol. The Labute approximate surface area is 255 Å². The SMILES string of the molecule is O=C(O)C1CNCCc2c1c(-c1ccc(Cl)cc1)nn2Cc1ccc(OCc2ccccc2)c(OCc2ccccc2)c1. The summed E-state index contributed by atoms with van der Waals surface area (Å²) in [5, 5.41) is 19.0. The molecule has 0 saturated heterocycles. The van der Waals surface area contributed by atoms with Gasteiger partial charge in [0.1, 0.15) is 13.2 Å². The molecule has 1 unspecified atom stereocenters. The Balaban J connectivity index is 1.34. The van der Waals surface area contributed by atoms with E-state index in [0.29, 0.717) is 61.5 Å². The van der Waals surface area contributed by atoms with E-state index < -0.39 is 11.9 Å². The molecule has 0 amide bonds. The molecule has 0 saturated carbocycles. The van der Waals surface area contributed by atoms with Gasteiger partial charge in [-0.25, -0.2) is 0 Å². The van der Waals surface area contributed by atoms with Gasteiger partial charge in [0.15, 0.2) is 11.5 Å². The Bertz CT molecular complexity index is 1690. The molecule has 1 aliphatic rings. The van der Waals surface area contributed by atoms with Crippen LogP contribution in [0.4, 0.5) is 0 Å². The van der Waals surface area contributed by atoms with Crippen LogP contribution in [0.1, 0.15) is 33.9 Å². The average molecular weight is 594 g/mol. The molecule has 218 valence electrons. The standard InChI is InChI=1S/C35H32ClN3O4/c36-28-14-12-27(13-15-28)34-33-29(35(40)41)20-37-18-17-30(33)39(38-34)21-26-11-16-31(42-22-24-7-3-1-4-8-24)32(19-26)43-23-25-9-5-2-6-10-25/h1-16,19,29,37H,17-18,20-23H2,(H,40,41). The predicted molar refractivity (Wildman–Crippen MR) is 167 cm³/mol. The lowest BCUT2D eigenvalue weighted by Gasteiger charge is -2.15. The first-order valence-electron chi connectivity index (χ1n) is 14.3. The van der Waals surface area contributed by atoms with Crippen molar-refractivity contribution in [3.8, 4) is 22.8 Å². The number of hydrogen-bond acceptors (Lipinski definition) is 5. The van der Waals surface area contributed by atoms with Crippen LogP contribution in [0.15, 0.2) is 103 Å². The van der Waals surface area contributed by atoms with Crippen molar-refractivity contribution >= 4 is 17.6 Å². The van der Waals surface area contributed by atoms with Gasteiger partial charge in [-0.3, -0.25) is 9.48 Å². The lowest BCUT2D eigenvalue weighted by atomic mass is 9.93. The molecule has 1 aliphatic heterocycles.